The summed E-state index contributed by atoms with van der Waals surface area (Å²) in [6.45, 7) is 4.79. The fourth-order valence-electron chi connectivity index (χ4n) is 3.01. The van der Waals surface area contributed by atoms with Gasteiger partial charge in [-0.3, -0.25) is 0 Å². The summed E-state index contributed by atoms with van der Waals surface area (Å²) in [6, 6.07) is 9.94. The molecule has 116 valence electrons. The highest BCUT2D eigenvalue weighted by Gasteiger charge is 2.18. The maximum absolute atomic E-state index is 10.5. The Hall–Kier alpha value is -1.78. The Kier molecular flexibility index (Phi) is 4.80. The van der Waals surface area contributed by atoms with Gasteiger partial charge in [-0.1, -0.05) is 36.8 Å². The Morgan fingerprint density at radius 3 is 2.55 bits per heavy atom. The topological polar surface area (TPSA) is 49.3 Å². The molecule has 2 heterocycles. The smallest absolute Gasteiger partial charge is 0.159 e. The zero-order chi connectivity index (χ0) is 15.4. The second kappa shape index (κ2) is 6.99. The lowest BCUT2D eigenvalue weighted by Crippen LogP contribution is -2.33. The zero-order valence-electron chi connectivity index (χ0n) is 13.1. The van der Waals surface area contributed by atoms with E-state index in [4.69, 9.17) is 0 Å². The summed E-state index contributed by atoms with van der Waals surface area (Å²) >= 11 is 0. The van der Waals surface area contributed by atoms with Crippen molar-refractivity contribution in [3.05, 3.63) is 47.8 Å². The lowest BCUT2D eigenvalue weighted by molar-refractivity contribution is 0.100. The number of nitrogens with zero attached hydrogens (tertiary/aromatic N) is 3. The molecule has 1 atom stereocenters. The van der Waals surface area contributed by atoms with Crippen molar-refractivity contribution >= 4 is 0 Å². The van der Waals surface area contributed by atoms with Gasteiger partial charge in [-0.2, -0.15) is 0 Å². The number of β-amino-alcohol motifs (C(OH)–C–C–N with tert-alkyl or cyclic N) is 1. The van der Waals surface area contributed by atoms with Gasteiger partial charge in [0, 0.05) is 29.6 Å². The van der Waals surface area contributed by atoms with Gasteiger partial charge < -0.3 is 10.0 Å². The maximum Gasteiger partial charge on any atom is 0.159 e. The first-order valence-corrected chi connectivity index (χ1v) is 8.03. The van der Waals surface area contributed by atoms with Crippen LogP contribution in [0.1, 0.15) is 36.6 Å². The molecule has 2 aromatic rings. The lowest BCUT2D eigenvalue weighted by atomic mass is 10.1. The standard InChI is InChI=1S/C18H23N3O/c1-14-16(17(22)13-21-10-6-3-7-11-21)12-19-18(20-14)15-8-4-2-5-9-15/h2,4-5,8-9,12,17,22H,3,6-7,10-11,13H2,1H3/t17-/m1/s1. The molecule has 1 aliphatic heterocycles. The number of likely N-dealkylation sites (tertiary alicyclic amines) is 1. The number of aliphatic hydroxyl groups is 1. The molecule has 0 amide bonds. The van der Waals surface area contributed by atoms with Crippen LogP contribution in [0.25, 0.3) is 11.4 Å². The quantitative estimate of drug-likeness (QED) is 0.942. The lowest BCUT2D eigenvalue weighted by Gasteiger charge is -2.28. The van der Waals surface area contributed by atoms with Crippen molar-refractivity contribution in [3.8, 4) is 11.4 Å². The molecule has 0 radical (unpaired) electrons. The largest absolute Gasteiger partial charge is 0.387 e. The summed E-state index contributed by atoms with van der Waals surface area (Å²) in [6.07, 6.45) is 5.03. The molecule has 1 fully saturated rings. The van der Waals surface area contributed by atoms with Gasteiger partial charge in [0.2, 0.25) is 0 Å². The number of rotatable bonds is 4. The third kappa shape index (κ3) is 3.51. The number of hydrogen-bond acceptors (Lipinski definition) is 4. The van der Waals surface area contributed by atoms with E-state index in [9.17, 15) is 5.11 Å². The molecule has 0 saturated carbocycles. The van der Waals surface area contributed by atoms with Crippen LogP contribution in [0.2, 0.25) is 0 Å². The van der Waals surface area contributed by atoms with E-state index in [1.54, 1.807) is 6.20 Å². The predicted molar refractivity (Wildman–Crippen MR) is 87.5 cm³/mol. The molecule has 3 rings (SSSR count). The van der Waals surface area contributed by atoms with Gasteiger partial charge in [0.05, 0.1) is 6.10 Å². The summed E-state index contributed by atoms with van der Waals surface area (Å²) in [5.74, 6) is 0.715. The van der Waals surface area contributed by atoms with Crippen LogP contribution in [0, 0.1) is 6.92 Å². The van der Waals surface area contributed by atoms with Crippen molar-refractivity contribution in [2.45, 2.75) is 32.3 Å². The third-order valence-electron chi connectivity index (χ3n) is 4.29. The predicted octanol–water partition coefficient (Wildman–Crippen LogP) is 2.97. The molecule has 4 heteroatoms. The molecule has 0 spiro atoms. The van der Waals surface area contributed by atoms with Gasteiger partial charge >= 0.3 is 0 Å². The van der Waals surface area contributed by atoms with Gasteiger partial charge in [0.25, 0.3) is 0 Å². The summed E-state index contributed by atoms with van der Waals surface area (Å²) in [5, 5.41) is 10.5. The highest BCUT2D eigenvalue weighted by atomic mass is 16.3. The molecular weight excluding hydrogens is 274 g/mol. The van der Waals surface area contributed by atoms with Crippen molar-refractivity contribution in [2.24, 2.45) is 0 Å². The minimum Gasteiger partial charge on any atom is -0.387 e. The number of aromatic nitrogens is 2. The molecule has 1 saturated heterocycles. The molecule has 1 aromatic carbocycles. The van der Waals surface area contributed by atoms with Gasteiger partial charge in [0.1, 0.15) is 0 Å². The zero-order valence-corrected chi connectivity index (χ0v) is 13.1. The third-order valence-corrected chi connectivity index (χ3v) is 4.29. The minimum absolute atomic E-state index is 0.511. The fourth-order valence-corrected chi connectivity index (χ4v) is 3.01. The van der Waals surface area contributed by atoms with Gasteiger partial charge in [-0.05, 0) is 32.9 Å². The van der Waals surface area contributed by atoms with E-state index < -0.39 is 6.10 Å². The average molecular weight is 297 g/mol. The number of aliphatic hydroxyl groups excluding tert-OH is 1. The van der Waals surface area contributed by atoms with Crippen LogP contribution in [-0.4, -0.2) is 39.6 Å². The number of piperidine rings is 1. The molecule has 0 bridgehead atoms. The highest BCUT2D eigenvalue weighted by Crippen LogP contribution is 2.21. The van der Waals surface area contributed by atoms with Crippen LogP contribution < -0.4 is 0 Å². The Balaban J connectivity index is 1.74. The van der Waals surface area contributed by atoms with E-state index in [0.717, 1.165) is 29.9 Å². The monoisotopic (exact) mass is 297 g/mol. The first-order chi connectivity index (χ1) is 10.7. The Labute approximate surface area is 131 Å². The summed E-state index contributed by atoms with van der Waals surface area (Å²) in [5.41, 5.74) is 2.70. The Bertz CT molecular complexity index is 609. The fraction of sp³-hybridized carbons (Fsp3) is 0.444. The second-order valence-electron chi connectivity index (χ2n) is 5.98. The van der Waals surface area contributed by atoms with E-state index in [-0.39, 0.29) is 0 Å². The van der Waals surface area contributed by atoms with Crippen LogP contribution in [0.15, 0.2) is 36.5 Å². The normalized spacial score (nSPS) is 17.4. The molecule has 1 aromatic heterocycles. The van der Waals surface area contributed by atoms with Gasteiger partial charge in [-0.25, -0.2) is 9.97 Å². The number of benzene rings is 1. The van der Waals surface area contributed by atoms with Crippen molar-refractivity contribution in [3.63, 3.8) is 0 Å². The molecule has 22 heavy (non-hydrogen) atoms. The van der Waals surface area contributed by atoms with Gasteiger partial charge in [-0.15, -0.1) is 0 Å². The first-order valence-electron chi connectivity index (χ1n) is 8.03. The van der Waals surface area contributed by atoms with Crippen LogP contribution >= 0.6 is 0 Å². The summed E-state index contributed by atoms with van der Waals surface area (Å²) in [7, 11) is 0. The van der Waals surface area contributed by atoms with Crippen molar-refractivity contribution in [1.29, 1.82) is 0 Å². The minimum atomic E-state index is -0.511. The van der Waals surface area contributed by atoms with E-state index >= 15 is 0 Å². The molecular formula is C18H23N3O. The Morgan fingerprint density at radius 1 is 1.14 bits per heavy atom. The van der Waals surface area contributed by atoms with E-state index in [0.29, 0.717) is 12.4 Å². The molecule has 0 aliphatic carbocycles. The summed E-state index contributed by atoms with van der Waals surface area (Å²) < 4.78 is 0. The molecule has 1 aliphatic rings. The average Bonchev–Trinajstić information content (AvgIpc) is 2.56. The van der Waals surface area contributed by atoms with Crippen LogP contribution in [-0.2, 0) is 0 Å². The van der Waals surface area contributed by atoms with Gasteiger partial charge in [0.15, 0.2) is 5.82 Å². The number of hydrogen-bond donors (Lipinski definition) is 1. The van der Waals surface area contributed by atoms with Crippen molar-refractivity contribution in [2.75, 3.05) is 19.6 Å². The summed E-state index contributed by atoms with van der Waals surface area (Å²) in [4.78, 5) is 11.3. The van der Waals surface area contributed by atoms with Crippen LogP contribution in [0.3, 0.4) is 0 Å². The SMILES string of the molecule is Cc1nc(-c2ccccc2)ncc1[C@H](O)CN1CCCCC1. The van der Waals surface area contributed by atoms with Crippen LogP contribution in [0.4, 0.5) is 0 Å². The van der Waals surface area contributed by atoms with E-state index in [1.165, 1.54) is 19.3 Å². The van der Waals surface area contributed by atoms with Crippen molar-refractivity contribution in [1.82, 2.24) is 14.9 Å². The van der Waals surface area contributed by atoms with Crippen LogP contribution in [0.5, 0.6) is 0 Å². The Morgan fingerprint density at radius 2 is 1.86 bits per heavy atom. The molecule has 1 N–H and O–H groups in total. The van der Waals surface area contributed by atoms with E-state index in [1.807, 2.05) is 37.3 Å². The van der Waals surface area contributed by atoms with E-state index in [2.05, 4.69) is 14.9 Å². The maximum atomic E-state index is 10.5. The number of aryl methyl sites for hydroxylation is 1. The first kappa shape index (κ1) is 15.1. The molecule has 4 nitrogen and oxygen atoms in total. The molecule has 0 unspecified atom stereocenters. The second-order valence-corrected chi connectivity index (χ2v) is 5.98. The highest BCUT2D eigenvalue weighted by molar-refractivity contribution is 5.54. The van der Waals surface area contributed by atoms with Crippen molar-refractivity contribution < 1.29 is 5.11 Å².